The summed E-state index contributed by atoms with van der Waals surface area (Å²) < 4.78 is 15.8. The van der Waals surface area contributed by atoms with E-state index < -0.39 is 6.09 Å². The number of aromatic amines is 1. The van der Waals surface area contributed by atoms with E-state index in [0.29, 0.717) is 40.1 Å². The number of carbonyl (C=O) groups is 1. The van der Waals surface area contributed by atoms with Crippen molar-refractivity contribution >= 4 is 40.2 Å². The van der Waals surface area contributed by atoms with Crippen molar-refractivity contribution in [2.24, 2.45) is 0 Å². The number of fused-ring (bicyclic) bond motifs is 2. The third-order valence-corrected chi connectivity index (χ3v) is 4.88. The molecule has 0 bridgehead atoms. The molecule has 3 aromatic rings. The van der Waals surface area contributed by atoms with Crippen LogP contribution in [0.15, 0.2) is 36.5 Å². The number of halogens is 2. The van der Waals surface area contributed by atoms with Crippen molar-refractivity contribution in [3.63, 3.8) is 0 Å². The van der Waals surface area contributed by atoms with Gasteiger partial charge in [-0.25, -0.2) is 4.79 Å². The van der Waals surface area contributed by atoms with Gasteiger partial charge in [0.2, 0.25) is 6.79 Å². The van der Waals surface area contributed by atoms with Gasteiger partial charge in [0.1, 0.15) is 6.61 Å². The molecule has 0 spiro atoms. The van der Waals surface area contributed by atoms with Crippen molar-refractivity contribution in [2.75, 3.05) is 13.3 Å². The summed E-state index contributed by atoms with van der Waals surface area (Å²) in [5.74, 6) is 1.18. The molecule has 0 saturated carbocycles. The lowest BCUT2D eigenvalue weighted by atomic mass is 10.1. The van der Waals surface area contributed by atoms with Crippen LogP contribution in [-0.2, 0) is 17.8 Å². The van der Waals surface area contributed by atoms with Gasteiger partial charge in [-0.05, 0) is 36.2 Å². The van der Waals surface area contributed by atoms with Gasteiger partial charge < -0.3 is 24.5 Å². The van der Waals surface area contributed by atoms with Crippen molar-refractivity contribution in [3.05, 3.63) is 57.7 Å². The molecule has 0 unspecified atom stereocenters. The van der Waals surface area contributed by atoms with Crippen LogP contribution in [0.5, 0.6) is 11.5 Å². The second-order valence-corrected chi connectivity index (χ2v) is 6.90. The van der Waals surface area contributed by atoms with Crippen molar-refractivity contribution in [1.82, 2.24) is 10.3 Å². The zero-order chi connectivity index (χ0) is 18.8. The molecule has 6 nitrogen and oxygen atoms in total. The molecule has 1 aliphatic heterocycles. The number of benzene rings is 2. The van der Waals surface area contributed by atoms with E-state index in [2.05, 4.69) is 10.3 Å². The first-order chi connectivity index (χ1) is 13.1. The Balaban J connectivity index is 1.29. The molecular weight excluding hydrogens is 391 g/mol. The molecule has 27 heavy (non-hydrogen) atoms. The summed E-state index contributed by atoms with van der Waals surface area (Å²) in [6.45, 7) is 0.646. The van der Waals surface area contributed by atoms with Crippen LogP contribution >= 0.6 is 23.2 Å². The summed E-state index contributed by atoms with van der Waals surface area (Å²) in [5, 5.41) is 4.92. The van der Waals surface area contributed by atoms with Crippen molar-refractivity contribution < 1.29 is 19.0 Å². The van der Waals surface area contributed by atoms with Gasteiger partial charge in [0, 0.05) is 40.3 Å². The fourth-order valence-corrected chi connectivity index (χ4v) is 3.30. The predicted molar refractivity (Wildman–Crippen MR) is 103 cm³/mol. The van der Waals surface area contributed by atoms with Gasteiger partial charge in [0.15, 0.2) is 11.5 Å². The van der Waals surface area contributed by atoms with Crippen LogP contribution in [0.4, 0.5) is 4.79 Å². The largest absolute Gasteiger partial charge is 0.454 e. The lowest BCUT2D eigenvalue weighted by Gasteiger charge is -2.09. The molecule has 0 atom stereocenters. The molecule has 1 aromatic heterocycles. The molecule has 1 aliphatic rings. The first kappa shape index (κ1) is 17.8. The van der Waals surface area contributed by atoms with Crippen LogP contribution < -0.4 is 14.8 Å². The number of hydrogen-bond acceptors (Lipinski definition) is 4. The number of nitrogens with one attached hydrogen (secondary N) is 2. The second kappa shape index (κ2) is 7.58. The Hall–Kier alpha value is -2.57. The topological polar surface area (TPSA) is 72.6 Å². The van der Waals surface area contributed by atoms with Crippen molar-refractivity contribution in [3.8, 4) is 11.5 Å². The molecular formula is C19H16Cl2N2O4. The second-order valence-electron chi connectivity index (χ2n) is 6.05. The highest BCUT2D eigenvalue weighted by molar-refractivity contribution is 6.31. The van der Waals surface area contributed by atoms with E-state index in [-0.39, 0.29) is 13.4 Å². The molecule has 0 aliphatic carbocycles. The minimum Gasteiger partial charge on any atom is -0.454 e. The minimum absolute atomic E-state index is 0.0456. The quantitative estimate of drug-likeness (QED) is 0.645. The van der Waals surface area contributed by atoms with E-state index in [4.69, 9.17) is 37.4 Å². The smallest absolute Gasteiger partial charge is 0.407 e. The predicted octanol–water partition coefficient (Wildman–Crippen LogP) is 4.67. The maximum absolute atomic E-state index is 11.9. The number of H-pyrrole nitrogens is 1. The monoisotopic (exact) mass is 406 g/mol. The Morgan fingerprint density at radius 2 is 1.96 bits per heavy atom. The first-order valence-corrected chi connectivity index (χ1v) is 9.10. The van der Waals surface area contributed by atoms with Crippen molar-refractivity contribution in [2.45, 2.75) is 13.0 Å². The Morgan fingerprint density at radius 1 is 1.15 bits per heavy atom. The van der Waals surface area contributed by atoms with E-state index in [0.717, 1.165) is 16.5 Å². The third-order valence-electron chi connectivity index (χ3n) is 4.29. The maximum Gasteiger partial charge on any atom is 0.407 e. The van der Waals surface area contributed by atoms with E-state index >= 15 is 0 Å². The SMILES string of the molecule is O=C(NCCc1c[nH]c2ccc(Cl)cc12)OCc1cc2c(cc1Cl)OCO2. The molecule has 8 heteroatoms. The number of aromatic nitrogens is 1. The number of alkyl carbamates (subject to hydrolysis) is 1. The molecule has 2 N–H and O–H groups in total. The van der Waals surface area contributed by atoms with Crippen LogP contribution in [0, 0.1) is 0 Å². The minimum atomic E-state index is -0.512. The van der Waals surface area contributed by atoms with Gasteiger partial charge >= 0.3 is 6.09 Å². The Morgan fingerprint density at radius 3 is 2.81 bits per heavy atom. The molecule has 0 saturated heterocycles. The number of ether oxygens (including phenoxy) is 3. The van der Waals surface area contributed by atoms with Gasteiger partial charge in [-0.2, -0.15) is 0 Å². The average Bonchev–Trinajstić information content (AvgIpc) is 3.26. The number of amides is 1. The highest BCUT2D eigenvalue weighted by atomic mass is 35.5. The Kier molecular flexibility index (Phi) is 5.01. The van der Waals surface area contributed by atoms with Crippen LogP contribution in [0.25, 0.3) is 10.9 Å². The summed E-state index contributed by atoms with van der Waals surface area (Å²) in [6, 6.07) is 9.04. The van der Waals surface area contributed by atoms with Gasteiger partial charge in [-0.15, -0.1) is 0 Å². The molecule has 1 amide bonds. The van der Waals surface area contributed by atoms with Crippen LogP contribution in [0.1, 0.15) is 11.1 Å². The zero-order valence-corrected chi connectivity index (χ0v) is 15.7. The number of hydrogen-bond donors (Lipinski definition) is 2. The fourth-order valence-electron chi connectivity index (χ4n) is 2.92. The van der Waals surface area contributed by atoms with Crippen LogP contribution in [0.2, 0.25) is 10.0 Å². The average molecular weight is 407 g/mol. The van der Waals surface area contributed by atoms with Gasteiger partial charge in [0.05, 0.1) is 5.02 Å². The Bertz CT molecular complexity index is 1000. The summed E-state index contributed by atoms with van der Waals surface area (Å²) in [6.07, 6.45) is 2.06. The van der Waals surface area contributed by atoms with Crippen molar-refractivity contribution in [1.29, 1.82) is 0 Å². The fraction of sp³-hybridized carbons (Fsp3) is 0.211. The van der Waals surface area contributed by atoms with Crippen LogP contribution in [-0.4, -0.2) is 24.4 Å². The molecule has 4 rings (SSSR count). The highest BCUT2D eigenvalue weighted by Crippen LogP contribution is 2.37. The lowest BCUT2D eigenvalue weighted by Crippen LogP contribution is -2.26. The van der Waals surface area contributed by atoms with Crippen LogP contribution in [0.3, 0.4) is 0 Å². The summed E-state index contributed by atoms with van der Waals surface area (Å²) in [7, 11) is 0. The zero-order valence-electron chi connectivity index (χ0n) is 14.2. The van der Waals surface area contributed by atoms with Gasteiger partial charge in [0.25, 0.3) is 0 Å². The number of carbonyl (C=O) groups excluding carboxylic acids is 1. The number of rotatable bonds is 5. The lowest BCUT2D eigenvalue weighted by molar-refractivity contribution is 0.139. The molecule has 2 aromatic carbocycles. The molecule has 140 valence electrons. The first-order valence-electron chi connectivity index (χ1n) is 8.34. The standard InChI is InChI=1S/C19H16Cl2N2O4/c20-13-1-2-16-14(6-13)11(8-23-16)3-4-22-19(24)25-9-12-5-17-18(7-15(12)21)27-10-26-17/h1-2,5-8,23H,3-4,9-10H2,(H,22,24). The van der Waals surface area contributed by atoms with Gasteiger partial charge in [-0.1, -0.05) is 23.2 Å². The maximum atomic E-state index is 11.9. The summed E-state index contributed by atoms with van der Waals surface area (Å²) in [4.78, 5) is 15.1. The van der Waals surface area contributed by atoms with Gasteiger partial charge in [-0.3, -0.25) is 0 Å². The third kappa shape index (κ3) is 3.91. The highest BCUT2D eigenvalue weighted by Gasteiger charge is 2.17. The van der Waals surface area contributed by atoms with E-state index in [1.54, 1.807) is 12.1 Å². The molecule has 0 radical (unpaired) electrons. The molecule has 2 heterocycles. The van der Waals surface area contributed by atoms with E-state index in [9.17, 15) is 4.79 Å². The Labute approximate surface area is 165 Å². The van der Waals surface area contributed by atoms with E-state index in [1.807, 2.05) is 24.4 Å². The summed E-state index contributed by atoms with van der Waals surface area (Å²) in [5.41, 5.74) is 2.74. The molecule has 0 fully saturated rings. The summed E-state index contributed by atoms with van der Waals surface area (Å²) >= 11 is 12.2. The normalized spacial score (nSPS) is 12.4. The van der Waals surface area contributed by atoms with E-state index in [1.165, 1.54) is 0 Å².